The first-order valence-corrected chi connectivity index (χ1v) is 4.93. The van der Waals surface area contributed by atoms with Crippen molar-refractivity contribution < 1.29 is 19.3 Å². The van der Waals surface area contributed by atoms with Crippen molar-refractivity contribution in [1.82, 2.24) is 0 Å². The molecule has 0 bridgehead atoms. The second kappa shape index (κ2) is 3.43. The Kier molecular flexibility index (Phi) is 2.53. The highest BCUT2D eigenvalue weighted by molar-refractivity contribution is 4.92. The van der Waals surface area contributed by atoms with Crippen molar-refractivity contribution in [2.24, 2.45) is 5.73 Å². The Balaban J connectivity index is 2.00. The standard InChI is InChI=1S/C9H17NO4/c1-9(2)13-7-6(11)5(3-4-10)12-8(7)14-9/h5-8,11H,3-4,10H2,1-2H3/t5-,6+,7-,8-/m1/s1. The van der Waals surface area contributed by atoms with Crippen molar-refractivity contribution >= 4 is 0 Å². The summed E-state index contributed by atoms with van der Waals surface area (Å²) in [4.78, 5) is 0. The molecule has 2 heterocycles. The zero-order valence-corrected chi connectivity index (χ0v) is 8.47. The van der Waals surface area contributed by atoms with Gasteiger partial charge in [0.15, 0.2) is 12.1 Å². The molecule has 2 rings (SSSR count). The Bertz CT molecular complexity index is 221. The quantitative estimate of drug-likeness (QED) is 0.637. The van der Waals surface area contributed by atoms with Crippen LogP contribution in [0.4, 0.5) is 0 Å². The Hall–Kier alpha value is -0.200. The van der Waals surface area contributed by atoms with Gasteiger partial charge in [-0.3, -0.25) is 0 Å². The number of fused-ring (bicyclic) bond motifs is 1. The minimum absolute atomic E-state index is 0.258. The van der Waals surface area contributed by atoms with Gasteiger partial charge in [-0.05, 0) is 26.8 Å². The van der Waals surface area contributed by atoms with Crippen LogP contribution in [0.15, 0.2) is 0 Å². The number of hydrogen-bond acceptors (Lipinski definition) is 5. The van der Waals surface area contributed by atoms with Crippen LogP contribution in [-0.2, 0) is 14.2 Å². The van der Waals surface area contributed by atoms with E-state index in [1.807, 2.05) is 0 Å². The molecule has 14 heavy (non-hydrogen) atoms. The molecule has 2 aliphatic rings. The first-order valence-electron chi connectivity index (χ1n) is 4.93. The van der Waals surface area contributed by atoms with Crippen LogP contribution in [0.2, 0.25) is 0 Å². The van der Waals surface area contributed by atoms with Gasteiger partial charge in [0.25, 0.3) is 0 Å². The molecular weight excluding hydrogens is 186 g/mol. The van der Waals surface area contributed by atoms with E-state index in [4.69, 9.17) is 19.9 Å². The summed E-state index contributed by atoms with van der Waals surface area (Å²) in [6.07, 6.45) is -1.09. The molecule has 2 aliphatic heterocycles. The summed E-state index contributed by atoms with van der Waals surface area (Å²) in [6, 6.07) is 0. The minimum Gasteiger partial charge on any atom is -0.387 e. The fraction of sp³-hybridized carbons (Fsp3) is 1.00. The third-order valence-electron chi connectivity index (χ3n) is 2.57. The number of aliphatic hydroxyl groups excluding tert-OH is 1. The molecule has 0 amide bonds. The fourth-order valence-corrected chi connectivity index (χ4v) is 1.96. The molecular formula is C9H17NO4. The van der Waals surface area contributed by atoms with E-state index in [1.54, 1.807) is 13.8 Å². The van der Waals surface area contributed by atoms with Crippen LogP contribution in [0.25, 0.3) is 0 Å². The van der Waals surface area contributed by atoms with Gasteiger partial charge < -0.3 is 25.1 Å². The molecule has 0 aromatic rings. The molecule has 0 saturated carbocycles. The van der Waals surface area contributed by atoms with Crippen LogP contribution < -0.4 is 5.73 Å². The van der Waals surface area contributed by atoms with Crippen molar-refractivity contribution in [2.75, 3.05) is 6.54 Å². The van der Waals surface area contributed by atoms with E-state index in [2.05, 4.69) is 0 Å². The van der Waals surface area contributed by atoms with Crippen LogP contribution in [0, 0.1) is 0 Å². The van der Waals surface area contributed by atoms with Crippen molar-refractivity contribution in [2.45, 2.75) is 50.7 Å². The highest BCUT2D eigenvalue weighted by atomic mass is 16.8. The zero-order chi connectivity index (χ0) is 10.3. The molecule has 5 nitrogen and oxygen atoms in total. The lowest BCUT2D eigenvalue weighted by atomic mass is 10.1. The van der Waals surface area contributed by atoms with Crippen LogP contribution in [0.3, 0.4) is 0 Å². The molecule has 5 heteroatoms. The fourth-order valence-electron chi connectivity index (χ4n) is 1.96. The van der Waals surface area contributed by atoms with Gasteiger partial charge in [-0.25, -0.2) is 0 Å². The SMILES string of the molecule is CC1(C)O[C@H]2O[C@H](CCN)[C@H](O)[C@H]2O1. The predicted octanol–water partition coefficient (Wildman–Crippen LogP) is -0.427. The van der Waals surface area contributed by atoms with Gasteiger partial charge in [-0.15, -0.1) is 0 Å². The van der Waals surface area contributed by atoms with E-state index in [0.29, 0.717) is 13.0 Å². The maximum absolute atomic E-state index is 9.84. The molecule has 0 spiro atoms. The van der Waals surface area contributed by atoms with Gasteiger partial charge in [0.05, 0.1) is 6.10 Å². The summed E-state index contributed by atoms with van der Waals surface area (Å²) in [6.45, 7) is 4.10. The van der Waals surface area contributed by atoms with Gasteiger partial charge in [-0.1, -0.05) is 0 Å². The number of aliphatic hydroxyl groups is 1. The maximum Gasteiger partial charge on any atom is 0.190 e. The van der Waals surface area contributed by atoms with Crippen LogP contribution >= 0.6 is 0 Å². The first-order chi connectivity index (χ1) is 6.53. The number of nitrogens with two attached hydrogens (primary N) is 1. The summed E-state index contributed by atoms with van der Waals surface area (Å²) in [5.41, 5.74) is 5.40. The Morgan fingerprint density at radius 1 is 1.36 bits per heavy atom. The summed E-state index contributed by atoms with van der Waals surface area (Å²) >= 11 is 0. The van der Waals surface area contributed by atoms with E-state index in [1.165, 1.54) is 0 Å². The van der Waals surface area contributed by atoms with Gasteiger partial charge in [-0.2, -0.15) is 0 Å². The second-order valence-corrected chi connectivity index (χ2v) is 4.21. The molecule has 0 radical (unpaired) electrons. The molecule has 0 aromatic carbocycles. The van der Waals surface area contributed by atoms with Gasteiger partial charge >= 0.3 is 0 Å². The van der Waals surface area contributed by atoms with Crippen LogP contribution in [-0.4, -0.2) is 42.0 Å². The van der Waals surface area contributed by atoms with E-state index < -0.39 is 18.2 Å². The Morgan fingerprint density at radius 2 is 2.07 bits per heavy atom. The van der Waals surface area contributed by atoms with Crippen LogP contribution in [0.5, 0.6) is 0 Å². The van der Waals surface area contributed by atoms with Gasteiger partial charge in [0, 0.05) is 0 Å². The van der Waals surface area contributed by atoms with E-state index in [0.717, 1.165) is 0 Å². The molecule has 82 valence electrons. The molecule has 0 aromatic heterocycles. The summed E-state index contributed by atoms with van der Waals surface area (Å²) in [5, 5.41) is 9.84. The molecule has 4 atom stereocenters. The third-order valence-corrected chi connectivity index (χ3v) is 2.57. The monoisotopic (exact) mass is 203 g/mol. The molecule has 0 aliphatic carbocycles. The molecule has 2 saturated heterocycles. The zero-order valence-electron chi connectivity index (χ0n) is 8.47. The molecule has 3 N–H and O–H groups in total. The van der Waals surface area contributed by atoms with Gasteiger partial charge in [0.2, 0.25) is 0 Å². The van der Waals surface area contributed by atoms with E-state index >= 15 is 0 Å². The van der Waals surface area contributed by atoms with E-state index in [9.17, 15) is 5.11 Å². The predicted molar refractivity (Wildman–Crippen MR) is 48.4 cm³/mol. The van der Waals surface area contributed by atoms with Crippen molar-refractivity contribution in [3.8, 4) is 0 Å². The number of hydrogen-bond donors (Lipinski definition) is 2. The summed E-state index contributed by atoms with van der Waals surface area (Å²) in [5.74, 6) is -0.663. The highest BCUT2D eigenvalue weighted by Crippen LogP contribution is 2.37. The summed E-state index contributed by atoms with van der Waals surface area (Å²) < 4.78 is 16.5. The lowest BCUT2D eigenvalue weighted by molar-refractivity contribution is -0.215. The Morgan fingerprint density at radius 3 is 2.64 bits per heavy atom. The van der Waals surface area contributed by atoms with Crippen molar-refractivity contribution in [1.29, 1.82) is 0 Å². The van der Waals surface area contributed by atoms with Crippen molar-refractivity contribution in [3.63, 3.8) is 0 Å². The highest BCUT2D eigenvalue weighted by Gasteiger charge is 2.53. The van der Waals surface area contributed by atoms with Gasteiger partial charge in [0.1, 0.15) is 12.2 Å². The smallest absolute Gasteiger partial charge is 0.190 e. The maximum atomic E-state index is 9.84. The van der Waals surface area contributed by atoms with Crippen LogP contribution in [0.1, 0.15) is 20.3 Å². The Labute approximate surface area is 83.1 Å². The molecule has 2 fully saturated rings. The number of ether oxygens (including phenoxy) is 3. The third kappa shape index (κ3) is 1.66. The van der Waals surface area contributed by atoms with E-state index in [-0.39, 0.29) is 12.2 Å². The number of rotatable bonds is 2. The second-order valence-electron chi connectivity index (χ2n) is 4.21. The minimum atomic E-state index is -0.663. The lowest BCUT2D eigenvalue weighted by Gasteiger charge is -2.22. The van der Waals surface area contributed by atoms with Crippen molar-refractivity contribution in [3.05, 3.63) is 0 Å². The average molecular weight is 203 g/mol. The summed E-state index contributed by atoms with van der Waals surface area (Å²) in [7, 11) is 0. The first kappa shape index (κ1) is 10.3. The molecule has 0 unspecified atom stereocenters. The largest absolute Gasteiger partial charge is 0.387 e. The normalized spacial score (nSPS) is 45.4. The topological polar surface area (TPSA) is 73.9 Å². The lowest BCUT2D eigenvalue weighted by Crippen LogP contribution is -2.35. The average Bonchev–Trinajstić information content (AvgIpc) is 2.50.